The maximum absolute atomic E-state index is 13.4. The van der Waals surface area contributed by atoms with Gasteiger partial charge in [0.2, 0.25) is 11.0 Å². The number of urea groups is 1. The van der Waals surface area contributed by atoms with Gasteiger partial charge in [-0.25, -0.2) is 9.78 Å². The standard InChI is InChI=1S/C21H23N7O2S2/c29-18(28-12-10-27(11-13-28)17-8-4-5-9-22-17)16(14-15-6-2-1-3-7-15)23-19(30)24-20-25-26-21(31)32-20/h1-9,16H,10-14H2,(H,26,31)(H2,23,24,25,30)/t16-/m0/s1. The summed E-state index contributed by atoms with van der Waals surface area (Å²) in [5, 5.41) is 12.3. The van der Waals surface area contributed by atoms with Crippen LogP contribution in [0.15, 0.2) is 54.7 Å². The van der Waals surface area contributed by atoms with E-state index in [1.165, 1.54) is 0 Å². The lowest BCUT2D eigenvalue weighted by Crippen LogP contribution is -2.56. The fourth-order valence-electron chi connectivity index (χ4n) is 3.54. The summed E-state index contributed by atoms with van der Waals surface area (Å²) in [5.41, 5.74) is 0.966. The van der Waals surface area contributed by atoms with Gasteiger partial charge in [0, 0.05) is 38.8 Å². The number of benzene rings is 1. The van der Waals surface area contributed by atoms with Gasteiger partial charge in [0.25, 0.3) is 0 Å². The number of amides is 3. The number of carbonyl (C=O) groups is 2. The van der Waals surface area contributed by atoms with Gasteiger partial charge in [-0.15, -0.1) is 5.10 Å². The van der Waals surface area contributed by atoms with Crippen LogP contribution in [0.25, 0.3) is 0 Å². The van der Waals surface area contributed by atoms with Crippen LogP contribution in [0.4, 0.5) is 15.7 Å². The molecule has 0 unspecified atom stereocenters. The number of hydrogen-bond donors (Lipinski definition) is 3. The smallest absolute Gasteiger partial charge is 0.321 e. The summed E-state index contributed by atoms with van der Waals surface area (Å²) in [6.07, 6.45) is 2.16. The van der Waals surface area contributed by atoms with Crippen molar-refractivity contribution >= 4 is 46.4 Å². The Morgan fingerprint density at radius 1 is 1.09 bits per heavy atom. The third kappa shape index (κ3) is 5.68. The number of anilines is 2. The van der Waals surface area contributed by atoms with E-state index in [1.54, 1.807) is 11.1 Å². The average molecular weight is 470 g/mol. The predicted molar refractivity (Wildman–Crippen MR) is 126 cm³/mol. The summed E-state index contributed by atoms with van der Waals surface area (Å²) in [5.74, 6) is 0.790. The molecule has 0 radical (unpaired) electrons. The highest BCUT2D eigenvalue weighted by Crippen LogP contribution is 2.15. The third-order valence-corrected chi connectivity index (χ3v) is 6.11. The predicted octanol–water partition coefficient (Wildman–Crippen LogP) is 2.68. The second kappa shape index (κ2) is 10.3. The summed E-state index contributed by atoms with van der Waals surface area (Å²) < 4.78 is 0.461. The minimum atomic E-state index is -0.703. The SMILES string of the molecule is O=C(Nc1n[nH]c(=S)s1)N[C@@H](Cc1ccccc1)C(=O)N1CCN(c2ccccn2)CC1. The van der Waals surface area contributed by atoms with Gasteiger partial charge in [0.15, 0.2) is 3.95 Å². The minimum Gasteiger partial charge on any atom is -0.353 e. The first kappa shape index (κ1) is 21.9. The third-order valence-electron chi connectivity index (χ3n) is 5.11. The molecule has 4 rings (SSSR count). The lowest BCUT2D eigenvalue weighted by molar-refractivity contribution is -0.133. The van der Waals surface area contributed by atoms with E-state index in [1.807, 2.05) is 48.5 Å². The van der Waals surface area contributed by atoms with Gasteiger partial charge >= 0.3 is 6.03 Å². The van der Waals surface area contributed by atoms with Crippen LogP contribution < -0.4 is 15.5 Å². The van der Waals surface area contributed by atoms with E-state index in [0.29, 0.717) is 41.7 Å². The van der Waals surface area contributed by atoms with E-state index in [4.69, 9.17) is 12.2 Å². The van der Waals surface area contributed by atoms with E-state index in [9.17, 15) is 9.59 Å². The Balaban J connectivity index is 1.42. The summed E-state index contributed by atoms with van der Waals surface area (Å²) in [6.45, 7) is 2.49. The van der Waals surface area contributed by atoms with E-state index in [2.05, 4.69) is 30.7 Å². The molecular formula is C21H23N7O2S2. The van der Waals surface area contributed by atoms with Crippen molar-refractivity contribution < 1.29 is 9.59 Å². The molecule has 9 nitrogen and oxygen atoms in total. The Hall–Kier alpha value is -3.31. The number of carbonyl (C=O) groups excluding carboxylic acids is 2. The molecule has 3 aromatic rings. The molecule has 0 aliphatic carbocycles. The van der Waals surface area contributed by atoms with Crippen molar-refractivity contribution in [1.82, 2.24) is 25.4 Å². The molecule has 1 aromatic carbocycles. The zero-order valence-corrected chi connectivity index (χ0v) is 18.9. The van der Waals surface area contributed by atoms with Gasteiger partial charge in [-0.05, 0) is 29.9 Å². The Morgan fingerprint density at radius 3 is 2.50 bits per heavy atom. The Bertz CT molecular complexity index is 1100. The van der Waals surface area contributed by atoms with Crippen LogP contribution in [-0.2, 0) is 11.2 Å². The molecule has 166 valence electrons. The zero-order chi connectivity index (χ0) is 22.3. The molecule has 0 saturated carbocycles. The van der Waals surface area contributed by atoms with Crippen molar-refractivity contribution in [2.24, 2.45) is 0 Å². The molecule has 1 fully saturated rings. The van der Waals surface area contributed by atoms with Crippen LogP contribution in [0.1, 0.15) is 5.56 Å². The lowest BCUT2D eigenvalue weighted by Gasteiger charge is -2.37. The molecular weight excluding hydrogens is 446 g/mol. The average Bonchev–Trinajstić information content (AvgIpc) is 3.23. The van der Waals surface area contributed by atoms with E-state index in [0.717, 1.165) is 22.7 Å². The highest BCUT2D eigenvalue weighted by Gasteiger charge is 2.29. The van der Waals surface area contributed by atoms with Crippen molar-refractivity contribution in [2.45, 2.75) is 12.5 Å². The fraction of sp³-hybridized carbons (Fsp3) is 0.286. The second-order valence-electron chi connectivity index (χ2n) is 7.26. The highest BCUT2D eigenvalue weighted by molar-refractivity contribution is 7.73. The molecule has 1 aliphatic rings. The van der Waals surface area contributed by atoms with Gasteiger partial charge in [-0.3, -0.25) is 15.2 Å². The van der Waals surface area contributed by atoms with Crippen LogP contribution in [0.2, 0.25) is 0 Å². The Morgan fingerprint density at radius 2 is 1.84 bits per heavy atom. The lowest BCUT2D eigenvalue weighted by atomic mass is 10.0. The summed E-state index contributed by atoms with van der Waals surface area (Å²) in [4.78, 5) is 34.2. The number of aromatic amines is 1. The normalized spacial score (nSPS) is 14.6. The number of H-pyrrole nitrogens is 1. The van der Waals surface area contributed by atoms with E-state index in [-0.39, 0.29) is 5.91 Å². The number of hydrogen-bond acceptors (Lipinski definition) is 7. The highest BCUT2D eigenvalue weighted by atomic mass is 32.1. The molecule has 0 spiro atoms. The molecule has 3 N–H and O–H groups in total. The maximum atomic E-state index is 13.4. The monoisotopic (exact) mass is 469 g/mol. The van der Waals surface area contributed by atoms with Crippen LogP contribution >= 0.6 is 23.6 Å². The Kier molecular flexibility index (Phi) is 7.07. The molecule has 3 heterocycles. The first-order valence-corrected chi connectivity index (χ1v) is 11.4. The first-order valence-electron chi connectivity index (χ1n) is 10.2. The van der Waals surface area contributed by atoms with Crippen LogP contribution in [-0.4, -0.2) is 64.2 Å². The number of pyridine rings is 1. The molecule has 1 saturated heterocycles. The molecule has 2 aromatic heterocycles. The van der Waals surface area contributed by atoms with Gasteiger partial charge in [-0.2, -0.15) is 0 Å². The number of aromatic nitrogens is 3. The largest absolute Gasteiger partial charge is 0.353 e. The summed E-state index contributed by atoms with van der Waals surface area (Å²) >= 11 is 6.14. The van der Waals surface area contributed by atoms with Gasteiger partial charge in [-0.1, -0.05) is 47.7 Å². The van der Waals surface area contributed by atoms with Crippen LogP contribution in [0.3, 0.4) is 0 Å². The van der Waals surface area contributed by atoms with Crippen molar-refractivity contribution in [2.75, 3.05) is 36.4 Å². The van der Waals surface area contributed by atoms with Crippen LogP contribution in [0, 0.1) is 3.95 Å². The molecule has 1 aliphatic heterocycles. The number of piperazine rings is 1. The number of nitrogens with one attached hydrogen (secondary N) is 3. The summed E-state index contributed by atoms with van der Waals surface area (Å²) in [6, 6.07) is 14.2. The molecule has 32 heavy (non-hydrogen) atoms. The fourth-order valence-corrected chi connectivity index (χ4v) is 4.33. The zero-order valence-electron chi connectivity index (χ0n) is 17.2. The van der Waals surface area contributed by atoms with Gasteiger partial charge in [0.05, 0.1) is 0 Å². The minimum absolute atomic E-state index is 0.112. The molecule has 0 bridgehead atoms. The second-order valence-corrected chi connectivity index (χ2v) is 8.93. The Labute approximate surface area is 194 Å². The van der Waals surface area contributed by atoms with Gasteiger partial charge in [0.1, 0.15) is 11.9 Å². The van der Waals surface area contributed by atoms with Crippen molar-refractivity contribution in [3.05, 3.63) is 64.2 Å². The van der Waals surface area contributed by atoms with Crippen molar-refractivity contribution in [3.8, 4) is 0 Å². The topological polar surface area (TPSA) is 106 Å². The van der Waals surface area contributed by atoms with Crippen molar-refractivity contribution in [1.29, 1.82) is 0 Å². The van der Waals surface area contributed by atoms with E-state index >= 15 is 0 Å². The molecule has 3 amide bonds. The summed E-state index contributed by atoms with van der Waals surface area (Å²) in [7, 11) is 0. The van der Waals surface area contributed by atoms with E-state index < -0.39 is 12.1 Å². The number of rotatable bonds is 6. The molecule has 11 heteroatoms. The van der Waals surface area contributed by atoms with Gasteiger partial charge < -0.3 is 15.1 Å². The van der Waals surface area contributed by atoms with Crippen molar-refractivity contribution in [3.63, 3.8) is 0 Å². The van der Waals surface area contributed by atoms with Crippen LogP contribution in [0.5, 0.6) is 0 Å². The first-order chi connectivity index (χ1) is 15.6. The maximum Gasteiger partial charge on any atom is 0.321 e. The number of nitrogens with zero attached hydrogens (tertiary/aromatic N) is 4. The quantitative estimate of drug-likeness (QED) is 0.480. The molecule has 1 atom stereocenters.